The smallest absolute Gasteiger partial charge is 0.295 e. The van der Waals surface area contributed by atoms with Crippen molar-refractivity contribution < 1.29 is 9.31 Å². The van der Waals surface area contributed by atoms with Crippen molar-refractivity contribution in [2.75, 3.05) is 10.6 Å². The lowest BCUT2D eigenvalue weighted by Crippen LogP contribution is -2.19. The Kier molecular flexibility index (Phi) is 5.23. The lowest BCUT2D eigenvalue weighted by molar-refractivity contribution is -0.384. The number of nitrogens with zero attached hydrogens (tertiary/aromatic N) is 1. The molecular weight excluding hydrogens is 317 g/mol. The molecule has 0 spiro atoms. The summed E-state index contributed by atoms with van der Waals surface area (Å²) in [7, 11) is 0. The van der Waals surface area contributed by atoms with Crippen molar-refractivity contribution in [1.29, 1.82) is 0 Å². The van der Waals surface area contributed by atoms with Crippen molar-refractivity contribution >= 4 is 34.4 Å². The summed E-state index contributed by atoms with van der Waals surface area (Å²) < 4.78 is 13.1. The summed E-state index contributed by atoms with van der Waals surface area (Å²) in [4.78, 5) is 10.3. The molecule has 0 aliphatic heterocycles. The number of halogens is 1. The number of thiocarbonyl (C=S) groups is 1. The summed E-state index contributed by atoms with van der Waals surface area (Å²) in [6, 6.07) is 11.0. The fourth-order valence-electron chi connectivity index (χ4n) is 2.00. The minimum absolute atomic E-state index is 0.132. The minimum Gasteiger partial charge on any atom is -0.332 e. The number of benzene rings is 2. The maximum Gasteiger partial charge on any atom is 0.295 e. The molecule has 0 bridgehead atoms. The van der Waals surface area contributed by atoms with E-state index in [2.05, 4.69) is 24.5 Å². The molecule has 23 heavy (non-hydrogen) atoms. The van der Waals surface area contributed by atoms with Gasteiger partial charge >= 0.3 is 0 Å². The highest BCUT2D eigenvalue weighted by molar-refractivity contribution is 7.80. The zero-order chi connectivity index (χ0) is 17.0. The number of rotatable bonds is 4. The predicted molar refractivity (Wildman–Crippen MR) is 93.4 cm³/mol. The Balaban J connectivity index is 2.09. The zero-order valence-corrected chi connectivity index (χ0v) is 13.5. The van der Waals surface area contributed by atoms with Crippen LogP contribution in [-0.4, -0.2) is 10.0 Å². The normalized spacial score (nSPS) is 10.4. The van der Waals surface area contributed by atoms with Gasteiger partial charge in [0.05, 0.1) is 11.0 Å². The van der Waals surface area contributed by atoms with Gasteiger partial charge in [-0.3, -0.25) is 10.1 Å². The van der Waals surface area contributed by atoms with Crippen molar-refractivity contribution in [3.63, 3.8) is 0 Å². The first-order chi connectivity index (χ1) is 10.9. The molecule has 0 saturated heterocycles. The molecule has 2 rings (SSSR count). The van der Waals surface area contributed by atoms with Crippen LogP contribution in [0.15, 0.2) is 42.5 Å². The van der Waals surface area contributed by atoms with E-state index < -0.39 is 10.7 Å². The standard InChI is InChI=1S/C16H16FN3O2S/c1-10(2)11-3-6-13(7-4-11)18-16(23)19-14-8-5-12(17)9-15(14)20(21)22/h3-10H,1-2H3,(H2,18,19,23). The van der Waals surface area contributed by atoms with Crippen molar-refractivity contribution in [2.45, 2.75) is 19.8 Å². The summed E-state index contributed by atoms with van der Waals surface area (Å²) >= 11 is 5.14. The molecule has 0 aliphatic carbocycles. The largest absolute Gasteiger partial charge is 0.332 e. The second-order valence-electron chi connectivity index (χ2n) is 5.27. The second kappa shape index (κ2) is 7.15. The Labute approximate surface area is 138 Å². The fraction of sp³-hybridized carbons (Fsp3) is 0.188. The van der Waals surface area contributed by atoms with Crippen LogP contribution < -0.4 is 10.6 Å². The number of nitro groups is 1. The summed E-state index contributed by atoms with van der Waals surface area (Å²) in [5.74, 6) is -0.249. The molecule has 120 valence electrons. The number of hydrogen-bond donors (Lipinski definition) is 2. The SMILES string of the molecule is CC(C)c1ccc(NC(=S)Nc2ccc(F)cc2[N+](=O)[O-])cc1. The summed E-state index contributed by atoms with van der Waals surface area (Å²) in [6.07, 6.45) is 0. The van der Waals surface area contributed by atoms with Gasteiger partial charge in [0.1, 0.15) is 11.5 Å². The fourth-order valence-corrected chi connectivity index (χ4v) is 2.23. The summed E-state index contributed by atoms with van der Waals surface area (Å²) in [5.41, 5.74) is 1.72. The Morgan fingerprint density at radius 2 is 1.83 bits per heavy atom. The Morgan fingerprint density at radius 3 is 2.39 bits per heavy atom. The average molecular weight is 333 g/mol. The quantitative estimate of drug-likeness (QED) is 0.484. The molecule has 0 aliphatic rings. The third-order valence-corrected chi connectivity index (χ3v) is 3.44. The molecule has 0 saturated carbocycles. The summed E-state index contributed by atoms with van der Waals surface area (Å²) in [6.45, 7) is 4.20. The van der Waals surface area contributed by atoms with Gasteiger partial charge in [-0.2, -0.15) is 0 Å². The Bertz CT molecular complexity index is 733. The van der Waals surface area contributed by atoms with Gasteiger partial charge in [-0.25, -0.2) is 4.39 Å². The molecule has 0 radical (unpaired) electrons. The first-order valence-corrected chi connectivity index (χ1v) is 7.39. The van der Waals surface area contributed by atoms with Gasteiger partial charge in [0.15, 0.2) is 5.11 Å². The first-order valence-electron chi connectivity index (χ1n) is 6.98. The van der Waals surface area contributed by atoms with Crippen LogP contribution >= 0.6 is 12.2 Å². The van der Waals surface area contributed by atoms with Gasteiger partial charge in [0.25, 0.3) is 5.69 Å². The van der Waals surface area contributed by atoms with Gasteiger partial charge in [-0.05, 0) is 48.0 Å². The predicted octanol–water partition coefficient (Wildman–Crippen LogP) is 4.67. The third-order valence-electron chi connectivity index (χ3n) is 3.24. The molecule has 0 amide bonds. The Morgan fingerprint density at radius 1 is 1.17 bits per heavy atom. The van der Waals surface area contributed by atoms with Gasteiger partial charge in [0.2, 0.25) is 0 Å². The summed E-state index contributed by atoms with van der Waals surface area (Å²) in [5, 5.41) is 16.8. The van der Waals surface area contributed by atoms with Crippen LogP contribution in [0.5, 0.6) is 0 Å². The van der Waals surface area contributed by atoms with Gasteiger partial charge in [0, 0.05) is 5.69 Å². The van der Waals surface area contributed by atoms with Crippen LogP contribution in [0.1, 0.15) is 25.3 Å². The third kappa shape index (κ3) is 4.46. The molecule has 7 heteroatoms. The van der Waals surface area contributed by atoms with Crippen LogP contribution in [-0.2, 0) is 0 Å². The lowest BCUT2D eigenvalue weighted by atomic mass is 10.0. The highest BCUT2D eigenvalue weighted by Gasteiger charge is 2.15. The van der Waals surface area contributed by atoms with E-state index in [9.17, 15) is 14.5 Å². The van der Waals surface area contributed by atoms with E-state index in [4.69, 9.17) is 12.2 Å². The van der Waals surface area contributed by atoms with Crippen molar-refractivity contribution in [2.24, 2.45) is 0 Å². The van der Waals surface area contributed by atoms with Gasteiger partial charge in [-0.1, -0.05) is 26.0 Å². The van der Waals surface area contributed by atoms with E-state index in [0.29, 0.717) is 5.92 Å². The van der Waals surface area contributed by atoms with E-state index in [1.807, 2.05) is 24.3 Å². The highest BCUT2D eigenvalue weighted by Crippen LogP contribution is 2.25. The number of nitro benzene ring substituents is 1. The molecule has 5 nitrogen and oxygen atoms in total. The van der Waals surface area contributed by atoms with Crippen molar-refractivity contribution in [3.05, 3.63) is 64.0 Å². The van der Waals surface area contributed by atoms with E-state index in [1.165, 1.54) is 11.6 Å². The molecule has 2 aromatic rings. The second-order valence-corrected chi connectivity index (χ2v) is 5.68. The van der Waals surface area contributed by atoms with Crippen molar-refractivity contribution in [3.8, 4) is 0 Å². The number of anilines is 2. The van der Waals surface area contributed by atoms with E-state index >= 15 is 0 Å². The molecule has 0 atom stereocenters. The first kappa shape index (κ1) is 16.8. The van der Waals surface area contributed by atoms with E-state index in [0.717, 1.165) is 17.8 Å². The number of nitrogens with one attached hydrogen (secondary N) is 2. The maximum absolute atomic E-state index is 13.1. The Hall–Kier alpha value is -2.54. The van der Waals surface area contributed by atoms with Crippen LogP contribution in [0.2, 0.25) is 0 Å². The zero-order valence-electron chi connectivity index (χ0n) is 12.7. The van der Waals surface area contributed by atoms with Crippen LogP contribution in [0, 0.1) is 15.9 Å². The monoisotopic (exact) mass is 333 g/mol. The number of hydrogen-bond acceptors (Lipinski definition) is 3. The van der Waals surface area contributed by atoms with E-state index in [-0.39, 0.29) is 16.5 Å². The van der Waals surface area contributed by atoms with Crippen LogP contribution in [0.25, 0.3) is 0 Å². The molecule has 2 aromatic carbocycles. The van der Waals surface area contributed by atoms with Crippen molar-refractivity contribution in [1.82, 2.24) is 0 Å². The van der Waals surface area contributed by atoms with Gasteiger partial charge in [-0.15, -0.1) is 0 Å². The molecule has 0 heterocycles. The van der Waals surface area contributed by atoms with E-state index in [1.54, 1.807) is 0 Å². The average Bonchev–Trinajstić information content (AvgIpc) is 2.49. The molecule has 2 N–H and O–H groups in total. The molecule has 0 aromatic heterocycles. The molecule has 0 unspecified atom stereocenters. The van der Waals surface area contributed by atoms with Crippen LogP contribution in [0.4, 0.5) is 21.5 Å². The molecular formula is C16H16FN3O2S. The topological polar surface area (TPSA) is 67.2 Å². The minimum atomic E-state index is -0.676. The van der Waals surface area contributed by atoms with Gasteiger partial charge < -0.3 is 10.6 Å². The highest BCUT2D eigenvalue weighted by atomic mass is 32.1. The lowest BCUT2D eigenvalue weighted by Gasteiger charge is -2.12. The molecule has 0 fully saturated rings. The van der Waals surface area contributed by atoms with Crippen LogP contribution in [0.3, 0.4) is 0 Å². The maximum atomic E-state index is 13.1.